The summed E-state index contributed by atoms with van der Waals surface area (Å²) in [5, 5.41) is 12.7. The first kappa shape index (κ1) is 20.4. The minimum Gasteiger partial charge on any atom is -0.378 e. The van der Waals surface area contributed by atoms with E-state index in [-0.39, 0.29) is 11.9 Å². The predicted molar refractivity (Wildman–Crippen MR) is 115 cm³/mol. The van der Waals surface area contributed by atoms with Gasteiger partial charge < -0.3 is 9.80 Å². The van der Waals surface area contributed by atoms with Crippen molar-refractivity contribution in [3.05, 3.63) is 71.3 Å². The van der Waals surface area contributed by atoms with Gasteiger partial charge in [0.2, 0.25) is 0 Å². The summed E-state index contributed by atoms with van der Waals surface area (Å²) in [6.45, 7) is 4.40. The largest absolute Gasteiger partial charge is 0.378 e. The highest BCUT2D eigenvalue weighted by molar-refractivity contribution is 5.47. The van der Waals surface area contributed by atoms with Crippen LogP contribution in [0.5, 0.6) is 0 Å². The van der Waals surface area contributed by atoms with Crippen molar-refractivity contribution in [2.24, 2.45) is 0 Å². The Balaban J connectivity index is 1.67. The van der Waals surface area contributed by atoms with Crippen LogP contribution in [-0.2, 0) is 6.54 Å². The second kappa shape index (κ2) is 8.89. The lowest BCUT2D eigenvalue weighted by Crippen LogP contribution is -2.46. The fourth-order valence-electron chi connectivity index (χ4n) is 3.84. The summed E-state index contributed by atoms with van der Waals surface area (Å²) in [5.41, 5.74) is 3.28. The van der Waals surface area contributed by atoms with E-state index in [0.717, 1.165) is 43.3 Å². The summed E-state index contributed by atoms with van der Waals surface area (Å²) in [7, 11) is 6.23. The molecule has 7 nitrogen and oxygen atoms in total. The Morgan fingerprint density at radius 1 is 0.967 bits per heavy atom. The Morgan fingerprint density at radius 2 is 1.63 bits per heavy atom. The molecule has 4 rings (SSSR count). The van der Waals surface area contributed by atoms with Gasteiger partial charge in [-0.05, 0) is 52.9 Å². The number of benzene rings is 2. The van der Waals surface area contributed by atoms with Crippen LogP contribution in [0.2, 0.25) is 0 Å². The van der Waals surface area contributed by atoms with E-state index in [0.29, 0.717) is 6.54 Å². The number of halogens is 1. The van der Waals surface area contributed by atoms with Crippen molar-refractivity contribution in [3.63, 3.8) is 0 Å². The van der Waals surface area contributed by atoms with Gasteiger partial charge in [0.25, 0.3) is 0 Å². The van der Waals surface area contributed by atoms with Gasteiger partial charge in [0.15, 0.2) is 5.82 Å². The Kier molecular flexibility index (Phi) is 6.06. The maximum atomic E-state index is 13.3. The zero-order valence-corrected chi connectivity index (χ0v) is 17.7. The van der Waals surface area contributed by atoms with E-state index in [1.165, 1.54) is 17.7 Å². The van der Waals surface area contributed by atoms with E-state index < -0.39 is 0 Å². The molecular weight excluding hydrogens is 381 g/mol. The summed E-state index contributed by atoms with van der Waals surface area (Å²) in [5.74, 6) is 0.563. The van der Waals surface area contributed by atoms with Crippen LogP contribution in [0.15, 0.2) is 48.5 Å². The highest BCUT2D eigenvalue weighted by Gasteiger charge is 2.30. The number of tetrazole rings is 1. The minimum absolute atomic E-state index is 0.0367. The monoisotopic (exact) mass is 409 g/mol. The van der Waals surface area contributed by atoms with Crippen molar-refractivity contribution in [1.29, 1.82) is 0 Å². The molecule has 0 bridgehead atoms. The average molecular weight is 410 g/mol. The summed E-state index contributed by atoms with van der Waals surface area (Å²) in [4.78, 5) is 6.87. The fourth-order valence-corrected chi connectivity index (χ4v) is 3.84. The van der Waals surface area contributed by atoms with Crippen LogP contribution in [0.3, 0.4) is 0 Å². The molecule has 158 valence electrons. The SMILES string of the molecule is CN1CCN(C(c2ccc(N(C)C)cc2)c2nnnn2Cc2ccc(F)cc2)CC1. The van der Waals surface area contributed by atoms with Gasteiger partial charge in [0, 0.05) is 46.0 Å². The molecule has 2 heterocycles. The van der Waals surface area contributed by atoms with Crippen molar-refractivity contribution >= 4 is 5.69 Å². The maximum absolute atomic E-state index is 13.3. The minimum atomic E-state index is -0.244. The average Bonchev–Trinajstić information content (AvgIpc) is 3.19. The quantitative estimate of drug-likeness (QED) is 0.623. The van der Waals surface area contributed by atoms with Crippen molar-refractivity contribution in [1.82, 2.24) is 30.0 Å². The number of rotatable bonds is 6. The van der Waals surface area contributed by atoms with Crippen molar-refractivity contribution in [2.75, 3.05) is 52.2 Å². The third kappa shape index (κ3) is 4.49. The van der Waals surface area contributed by atoms with Gasteiger partial charge in [0.05, 0.1) is 12.6 Å². The normalized spacial score (nSPS) is 16.5. The van der Waals surface area contributed by atoms with E-state index in [2.05, 4.69) is 61.5 Å². The summed E-state index contributed by atoms with van der Waals surface area (Å²) in [6.07, 6.45) is 0. The molecule has 0 N–H and O–H groups in total. The number of anilines is 1. The second-order valence-electron chi connectivity index (χ2n) is 8.05. The molecule has 0 aliphatic carbocycles. The zero-order valence-electron chi connectivity index (χ0n) is 17.7. The van der Waals surface area contributed by atoms with Crippen molar-refractivity contribution in [3.8, 4) is 0 Å². The lowest BCUT2D eigenvalue weighted by molar-refractivity contribution is 0.121. The van der Waals surface area contributed by atoms with Crippen LogP contribution in [-0.4, -0.2) is 77.3 Å². The van der Waals surface area contributed by atoms with Crippen molar-refractivity contribution in [2.45, 2.75) is 12.6 Å². The van der Waals surface area contributed by atoms with Crippen LogP contribution in [0, 0.1) is 5.82 Å². The number of hydrogen-bond acceptors (Lipinski definition) is 6. The molecule has 1 fully saturated rings. The molecule has 1 aliphatic heterocycles. The van der Waals surface area contributed by atoms with Gasteiger partial charge in [-0.1, -0.05) is 24.3 Å². The van der Waals surface area contributed by atoms with E-state index in [1.807, 2.05) is 18.8 Å². The first-order valence-corrected chi connectivity index (χ1v) is 10.2. The smallest absolute Gasteiger partial charge is 0.173 e. The summed E-state index contributed by atoms with van der Waals surface area (Å²) < 4.78 is 15.1. The van der Waals surface area contributed by atoms with Gasteiger partial charge in [-0.2, -0.15) is 0 Å². The lowest BCUT2D eigenvalue weighted by atomic mass is 10.0. The Bertz CT molecular complexity index is 944. The van der Waals surface area contributed by atoms with Gasteiger partial charge in [-0.3, -0.25) is 4.90 Å². The van der Waals surface area contributed by atoms with Gasteiger partial charge >= 0.3 is 0 Å². The molecule has 1 aliphatic rings. The first-order valence-electron chi connectivity index (χ1n) is 10.2. The second-order valence-corrected chi connectivity index (χ2v) is 8.05. The number of aromatic nitrogens is 4. The molecular formula is C22H28FN7. The Morgan fingerprint density at radius 3 is 2.27 bits per heavy atom. The Hall–Kier alpha value is -2.84. The molecule has 1 saturated heterocycles. The molecule has 8 heteroatoms. The van der Waals surface area contributed by atoms with Gasteiger partial charge in [0.1, 0.15) is 5.82 Å². The molecule has 1 unspecified atom stereocenters. The van der Waals surface area contributed by atoms with Crippen molar-refractivity contribution < 1.29 is 4.39 Å². The highest BCUT2D eigenvalue weighted by atomic mass is 19.1. The molecule has 0 spiro atoms. The van der Waals surface area contributed by atoms with E-state index in [1.54, 1.807) is 12.1 Å². The van der Waals surface area contributed by atoms with Crippen LogP contribution in [0.25, 0.3) is 0 Å². The van der Waals surface area contributed by atoms with E-state index in [4.69, 9.17) is 0 Å². The molecule has 2 aromatic carbocycles. The van der Waals surface area contributed by atoms with Gasteiger partial charge in [-0.15, -0.1) is 5.10 Å². The molecule has 1 aromatic heterocycles. The predicted octanol–water partition coefficient (Wildman–Crippen LogP) is 2.26. The highest BCUT2D eigenvalue weighted by Crippen LogP contribution is 2.29. The maximum Gasteiger partial charge on any atom is 0.173 e. The fraction of sp³-hybridized carbons (Fsp3) is 0.409. The van der Waals surface area contributed by atoms with E-state index >= 15 is 0 Å². The number of likely N-dealkylation sites (N-methyl/N-ethyl adjacent to an activating group) is 1. The lowest BCUT2D eigenvalue weighted by Gasteiger charge is -2.37. The third-order valence-corrected chi connectivity index (χ3v) is 5.68. The molecule has 0 radical (unpaired) electrons. The summed E-state index contributed by atoms with van der Waals surface area (Å²) >= 11 is 0. The topological polar surface area (TPSA) is 53.3 Å². The summed E-state index contributed by atoms with van der Waals surface area (Å²) in [6, 6.07) is 15.0. The molecule has 3 aromatic rings. The molecule has 0 saturated carbocycles. The van der Waals surface area contributed by atoms with Crippen LogP contribution in [0.4, 0.5) is 10.1 Å². The number of hydrogen-bond donors (Lipinski definition) is 0. The van der Waals surface area contributed by atoms with Crippen LogP contribution in [0.1, 0.15) is 23.0 Å². The molecule has 30 heavy (non-hydrogen) atoms. The zero-order chi connectivity index (χ0) is 21.1. The third-order valence-electron chi connectivity index (χ3n) is 5.68. The Labute approximate surface area is 176 Å². The molecule has 0 amide bonds. The first-order chi connectivity index (χ1) is 14.5. The number of piperazine rings is 1. The van der Waals surface area contributed by atoms with Gasteiger partial charge in [-0.25, -0.2) is 9.07 Å². The van der Waals surface area contributed by atoms with Crippen LogP contribution < -0.4 is 4.90 Å². The standard InChI is InChI=1S/C22H28FN7/c1-27(2)20-10-6-18(7-11-20)21(29-14-12-28(3)13-15-29)22-24-25-26-30(22)16-17-4-8-19(23)9-5-17/h4-11,21H,12-16H2,1-3H3. The van der Waals surface area contributed by atoms with E-state index in [9.17, 15) is 4.39 Å². The molecule has 1 atom stereocenters. The number of nitrogens with zero attached hydrogens (tertiary/aromatic N) is 7. The van der Waals surface area contributed by atoms with Crippen LogP contribution >= 0.6 is 0 Å².